The number of hydrogen-bond donors (Lipinski definition) is 2. The van der Waals surface area contributed by atoms with Crippen molar-refractivity contribution in [3.63, 3.8) is 0 Å². The Morgan fingerprint density at radius 3 is 2.69 bits per heavy atom. The van der Waals surface area contributed by atoms with Gasteiger partial charge in [-0.3, -0.25) is 4.79 Å². The van der Waals surface area contributed by atoms with Crippen LogP contribution >= 0.6 is 11.3 Å². The number of thiophene rings is 1. The summed E-state index contributed by atoms with van der Waals surface area (Å²) in [6.07, 6.45) is 0. The van der Waals surface area contributed by atoms with E-state index in [0.29, 0.717) is 21.5 Å². The van der Waals surface area contributed by atoms with Crippen molar-refractivity contribution in [3.8, 4) is 22.9 Å². The molecule has 2 aromatic heterocycles. The van der Waals surface area contributed by atoms with Crippen LogP contribution in [0.2, 0.25) is 0 Å². The maximum atomic E-state index is 13.9. The highest BCUT2D eigenvalue weighted by Crippen LogP contribution is 2.34. The molecule has 2 aromatic carbocycles. The number of rotatable bonds is 3. The number of benzene rings is 2. The number of ether oxygens (including phenoxy) is 1. The monoisotopic (exact) mass is 371 g/mol. The van der Waals surface area contributed by atoms with Crippen molar-refractivity contribution >= 4 is 27.2 Å². The number of anilines is 1. The summed E-state index contributed by atoms with van der Waals surface area (Å²) >= 11 is 1.28. The average Bonchev–Trinajstić information content (AvgIpc) is 3.08. The van der Waals surface area contributed by atoms with Crippen LogP contribution in [0.3, 0.4) is 0 Å². The van der Waals surface area contributed by atoms with E-state index in [-0.39, 0.29) is 22.9 Å². The van der Waals surface area contributed by atoms with Crippen LogP contribution < -0.4 is 16.0 Å². The zero-order valence-electron chi connectivity index (χ0n) is 13.1. The molecule has 0 saturated carbocycles. The van der Waals surface area contributed by atoms with Crippen molar-refractivity contribution in [1.29, 1.82) is 0 Å². The molecular weight excluding hydrogens is 360 g/mol. The maximum Gasteiger partial charge on any atom is 0.269 e. The molecule has 0 atom stereocenters. The zero-order chi connectivity index (χ0) is 18.3. The summed E-state index contributed by atoms with van der Waals surface area (Å²) in [5, 5.41) is 1.77. The first-order chi connectivity index (χ1) is 12.5. The number of aromatic amines is 1. The molecule has 4 aromatic rings. The van der Waals surface area contributed by atoms with Gasteiger partial charge < -0.3 is 15.5 Å². The molecule has 0 spiro atoms. The Morgan fingerprint density at radius 2 is 1.88 bits per heavy atom. The van der Waals surface area contributed by atoms with E-state index in [1.165, 1.54) is 23.5 Å². The van der Waals surface area contributed by atoms with Crippen LogP contribution in [0.5, 0.6) is 11.5 Å². The first-order valence-electron chi connectivity index (χ1n) is 7.51. The van der Waals surface area contributed by atoms with Crippen LogP contribution in [0.25, 0.3) is 21.6 Å². The lowest BCUT2D eigenvalue weighted by molar-refractivity contribution is 0.439. The van der Waals surface area contributed by atoms with Crippen molar-refractivity contribution in [2.45, 2.75) is 0 Å². The van der Waals surface area contributed by atoms with E-state index < -0.39 is 11.6 Å². The molecule has 0 fully saturated rings. The molecule has 3 N–H and O–H groups in total. The van der Waals surface area contributed by atoms with E-state index in [0.717, 1.165) is 12.1 Å². The van der Waals surface area contributed by atoms with Crippen LogP contribution in [0, 0.1) is 11.6 Å². The second-order valence-corrected chi connectivity index (χ2v) is 6.40. The Balaban J connectivity index is 1.85. The third-order valence-electron chi connectivity index (χ3n) is 3.69. The Hall–Kier alpha value is -3.26. The number of hydrogen-bond acceptors (Lipinski definition) is 5. The van der Waals surface area contributed by atoms with Gasteiger partial charge in [0.15, 0.2) is 11.6 Å². The van der Waals surface area contributed by atoms with Crippen molar-refractivity contribution in [3.05, 3.63) is 69.8 Å². The van der Waals surface area contributed by atoms with Gasteiger partial charge in [0.25, 0.3) is 5.56 Å². The Kier molecular flexibility index (Phi) is 3.89. The van der Waals surface area contributed by atoms with E-state index in [1.807, 2.05) is 0 Å². The normalized spacial score (nSPS) is 11.0. The van der Waals surface area contributed by atoms with E-state index in [4.69, 9.17) is 10.5 Å². The molecule has 0 radical (unpaired) electrons. The SMILES string of the molecule is Nc1ccc(Oc2ccc(F)cc2F)c(-c2nc3ccsc3c(=O)[nH]2)c1. The van der Waals surface area contributed by atoms with Crippen molar-refractivity contribution in [2.75, 3.05) is 5.73 Å². The summed E-state index contributed by atoms with van der Waals surface area (Å²) in [7, 11) is 0. The molecule has 26 heavy (non-hydrogen) atoms. The second kappa shape index (κ2) is 6.23. The fourth-order valence-electron chi connectivity index (χ4n) is 2.50. The molecule has 2 heterocycles. The number of nitrogens with one attached hydrogen (secondary N) is 1. The lowest BCUT2D eigenvalue weighted by Gasteiger charge is -2.12. The summed E-state index contributed by atoms with van der Waals surface area (Å²) in [5.41, 5.74) is 6.89. The Morgan fingerprint density at radius 1 is 1.08 bits per heavy atom. The van der Waals surface area contributed by atoms with Gasteiger partial charge in [0.1, 0.15) is 22.1 Å². The molecule has 0 unspecified atom stereocenters. The minimum Gasteiger partial charge on any atom is -0.454 e. The molecule has 8 heteroatoms. The highest BCUT2D eigenvalue weighted by Gasteiger charge is 2.15. The Bertz CT molecular complexity index is 1190. The molecule has 0 bridgehead atoms. The molecule has 0 saturated heterocycles. The van der Waals surface area contributed by atoms with E-state index in [2.05, 4.69) is 9.97 Å². The molecular formula is C18H11F2N3O2S. The number of nitrogens with two attached hydrogens (primary N) is 1. The first kappa shape index (κ1) is 16.2. The highest BCUT2D eigenvalue weighted by atomic mass is 32.1. The van der Waals surface area contributed by atoms with Gasteiger partial charge in [-0.15, -0.1) is 11.3 Å². The molecule has 130 valence electrons. The van der Waals surface area contributed by atoms with Crippen molar-refractivity contribution in [1.82, 2.24) is 9.97 Å². The fourth-order valence-corrected chi connectivity index (χ4v) is 3.22. The van der Waals surface area contributed by atoms with Crippen molar-refractivity contribution in [2.24, 2.45) is 0 Å². The summed E-state index contributed by atoms with van der Waals surface area (Å²) in [6.45, 7) is 0. The molecule has 0 aliphatic heterocycles. The van der Waals surface area contributed by atoms with Crippen LogP contribution in [0.4, 0.5) is 14.5 Å². The smallest absolute Gasteiger partial charge is 0.269 e. The standard InChI is InChI=1S/C18H11F2N3O2S/c19-9-1-3-15(12(20)7-9)25-14-4-2-10(21)8-11(14)17-22-13-5-6-26-16(13)18(24)23-17/h1-8H,21H2,(H,22,23,24). The zero-order valence-corrected chi connectivity index (χ0v) is 13.9. The number of fused-ring (bicyclic) bond motifs is 1. The van der Waals surface area contributed by atoms with Gasteiger partial charge >= 0.3 is 0 Å². The first-order valence-corrected chi connectivity index (χ1v) is 8.39. The summed E-state index contributed by atoms with van der Waals surface area (Å²) in [6, 6.07) is 9.39. The predicted octanol–water partition coefficient (Wildman–Crippen LogP) is 4.30. The molecule has 4 rings (SSSR count). The van der Waals surface area contributed by atoms with Crippen LogP contribution in [0.1, 0.15) is 0 Å². The average molecular weight is 371 g/mol. The van der Waals surface area contributed by atoms with Gasteiger partial charge in [0.2, 0.25) is 0 Å². The minimum atomic E-state index is -0.845. The summed E-state index contributed by atoms with van der Waals surface area (Å²) in [5.74, 6) is -1.24. The quantitative estimate of drug-likeness (QED) is 0.526. The van der Waals surface area contributed by atoms with Gasteiger partial charge in [0, 0.05) is 11.8 Å². The number of H-pyrrole nitrogens is 1. The number of nitrogen functional groups attached to an aromatic ring is 1. The second-order valence-electron chi connectivity index (χ2n) is 5.48. The molecule has 0 aliphatic carbocycles. The predicted molar refractivity (Wildman–Crippen MR) is 96.5 cm³/mol. The number of halogens is 2. The third-order valence-corrected chi connectivity index (χ3v) is 4.59. The molecule has 0 amide bonds. The van der Waals surface area contributed by atoms with E-state index >= 15 is 0 Å². The highest BCUT2D eigenvalue weighted by molar-refractivity contribution is 7.17. The minimum absolute atomic E-state index is 0.156. The lowest BCUT2D eigenvalue weighted by atomic mass is 10.1. The van der Waals surface area contributed by atoms with Crippen LogP contribution in [-0.2, 0) is 0 Å². The Labute approximate surface area is 149 Å². The van der Waals surface area contributed by atoms with Crippen LogP contribution in [0.15, 0.2) is 52.6 Å². The van der Waals surface area contributed by atoms with Gasteiger partial charge in [-0.2, -0.15) is 0 Å². The van der Waals surface area contributed by atoms with Gasteiger partial charge in [0.05, 0.1) is 11.1 Å². The molecule has 5 nitrogen and oxygen atoms in total. The lowest BCUT2D eigenvalue weighted by Crippen LogP contribution is -2.08. The van der Waals surface area contributed by atoms with Gasteiger partial charge in [-0.25, -0.2) is 13.8 Å². The summed E-state index contributed by atoms with van der Waals surface area (Å²) < 4.78 is 33.1. The van der Waals surface area contributed by atoms with Gasteiger partial charge in [-0.1, -0.05) is 0 Å². The largest absolute Gasteiger partial charge is 0.454 e. The summed E-state index contributed by atoms with van der Waals surface area (Å²) in [4.78, 5) is 19.3. The fraction of sp³-hybridized carbons (Fsp3) is 0. The van der Waals surface area contributed by atoms with E-state index in [9.17, 15) is 13.6 Å². The maximum absolute atomic E-state index is 13.9. The number of nitrogens with zero attached hydrogens (tertiary/aromatic N) is 1. The van der Waals surface area contributed by atoms with Crippen molar-refractivity contribution < 1.29 is 13.5 Å². The molecule has 0 aliphatic rings. The van der Waals surface area contributed by atoms with E-state index in [1.54, 1.807) is 23.6 Å². The third kappa shape index (κ3) is 2.91. The number of aromatic nitrogens is 2. The topological polar surface area (TPSA) is 81.0 Å². The van der Waals surface area contributed by atoms with Crippen LogP contribution in [-0.4, -0.2) is 9.97 Å². The van der Waals surface area contributed by atoms with Gasteiger partial charge in [-0.05, 0) is 41.8 Å².